The molecule has 0 saturated carbocycles. The van der Waals surface area contributed by atoms with Crippen LogP contribution in [0.15, 0.2) is 12.7 Å². The van der Waals surface area contributed by atoms with Gasteiger partial charge >= 0.3 is 14.5 Å². The fourth-order valence-corrected chi connectivity index (χ4v) is 3.77. The lowest BCUT2D eigenvalue weighted by atomic mass is 10.6. The first-order valence-corrected chi connectivity index (χ1v) is 7.26. The molecule has 0 fully saturated rings. The molecule has 5 heteroatoms. The third-order valence-corrected chi connectivity index (χ3v) is 5.98. The summed E-state index contributed by atoms with van der Waals surface area (Å²) in [7, 11) is 1.17. The van der Waals surface area contributed by atoms with Crippen molar-refractivity contribution in [3.8, 4) is 0 Å². The molecule has 0 radical (unpaired) electrons. The number of carbonyl (C=O) groups excluding carboxylic acids is 1. The summed E-state index contributed by atoms with van der Waals surface area (Å²) in [6, 6.07) is 1.57. The molecule has 4 nitrogen and oxygen atoms in total. The normalized spacial score (nSPS) is 11.1. The number of hydrogen-bond donors (Lipinski definition) is 0. The molecular formula is C10H20O4Si. The molecule has 0 spiro atoms. The Morgan fingerprint density at radius 1 is 1.33 bits per heavy atom. The minimum Gasteiger partial charge on any atom is -0.463 e. The van der Waals surface area contributed by atoms with Crippen LogP contribution in [0, 0.1) is 0 Å². The van der Waals surface area contributed by atoms with E-state index in [1.165, 1.54) is 0 Å². The van der Waals surface area contributed by atoms with Crippen LogP contribution in [-0.2, 0) is 18.4 Å². The highest BCUT2D eigenvalue weighted by Crippen LogP contribution is 2.19. The zero-order chi connectivity index (χ0) is 11.7. The van der Waals surface area contributed by atoms with Crippen LogP contribution in [0.3, 0.4) is 0 Å². The van der Waals surface area contributed by atoms with Crippen molar-refractivity contribution in [2.45, 2.75) is 25.4 Å². The maximum atomic E-state index is 10.8. The second kappa shape index (κ2) is 7.61. The lowest BCUT2D eigenvalue weighted by molar-refractivity contribution is -0.137. The SMILES string of the molecule is C=CC(=O)OCC[Si](CCC)(OC)OC. The second-order valence-corrected chi connectivity index (χ2v) is 6.83. The molecule has 0 rings (SSSR count). The molecule has 0 aliphatic heterocycles. The van der Waals surface area contributed by atoms with Gasteiger partial charge in [0.15, 0.2) is 0 Å². The molecule has 0 saturated heterocycles. The molecule has 0 N–H and O–H groups in total. The van der Waals surface area contributed by atoms with Crippen LogP contribution in [0.1, 0.15) is 13.3 Å². The maximum Gasteiger partial charge on any atom is 0.341 e. The van der Waals surface area contributed by atoms with Crippen LogP contribution in [0.2, 0.25) is 12.1 Å². The Morgan fingerprint density at radius 2 is 1.93 bits per heavy atom. The Balaban J connectivity index is 4.05. The zero-order valence-corrected chi connectivity index (χ0v) is 10.7. The maximum absolute atomic E-state index is 10.8. The van der Waals surface area contributed by atoms with Crippen LogP contribution in [-0.4, -0.2) is 35.4 Å². The van der Waals surface area contributed by atoms with Gasteiger partial charge in [0.25, 0.3) is 0 Å². The highest BCUT2D eigenvalue weighted by molar-refractivity contribution is 6.67. The summed E-state index contributed by atoms with van der Waals surface area (Å²) < 4.78 is 15.8. The first kappa shape index (κ1) is 14.3. The molecule has 0 heterocycles. The third-order valence-electron chi connectivity index (χ3n) is 2.27. The number of ether oxygens (including phenoxy) is 1. The Morgan fingerprint density at radius 3 is 2.33 bits per heavy atom. The number of hydrogen-bond acceptors (Lipinski definition) is 4. The Kier molecular flexibility index (Phi) is 7.28. The number of carbonyl (C=O) groups is 1. The van der Waals surface area contributed by atoms with Crippen LogP contribution in [0.5, 0.6) is 0 Å². The number of esters is 1. The summed E-state index contributed by atoms with van der Waals surface area (Å²) >= 11 is 0. The first-order chi connectivity index (χ1) is 7.14. The van der Waals surface area contributed by atoms with Crippen LogP contribution >= 0.6 is 0 Å². The molecule has 0 unspecified atom stereocenters. The molecule has 0 amide bonds. The van der Waals surface area contributed by atoms with Gasteiger partial charge in [-0.05, 0) is 6.04 Å². The molecule has 0 aliphatic rings. The fourth-order valence-electron chi connectivity index (χ4n) is 1.36. The van der Waals surface area contributed by atoms with E-state index in [1.807, 2.05) is 0 Å². The average Bonchev–Trinajstić information content (AvgIpc) is 2.27. The molecular weight excluding hydrogens is 212 g/mol. The first-order valence-electron chi connectivity index (χ1n) is 5.03. The molecule has 0 aliphatic carbocycles. The lowest BCUT2D eigenvalue weighted by Crippen LogP contribution is -2.41. The third kappa shape index (κ3) is 5.11. The van der Waals surface area contributed by atoms with Crippen molar-refractivity contribution in [3.05, 3.63) is 12.7 Å². The largest absolute Gasteiger partial charge is 0.463 e. The smallest absolute Gasteiger partial charge is 0.341 e. The molecule has 88 valence electrons. The molecule has 0 aromatic heterocycles. The lowest BCUT2D eigenvalue weighted by Gasteiger charge is -2.26. The Bertz CT molecular complexity index is 202. The van der Waals surface area contributed by atoms with E-state index in [0.717, 1.165) is 18.5 Å². The van der Waals surface area contributed by atoms with E-state index in [2.05, 4.69) is 13.5 Å². The van der Waals surface area contributed by atoms with Crippen molar-refractivity contribution in [1.29, 1.82) is 0 Å². The minimum absolute atomic E-state index is 0.332. The van der Waals surface area contributed by atoms with Gasteiger partial charge in [0.05, 0.1) is 6.61 Å². The van der Waals surface area contributed by atoms with Crippen molar-refractivity contribution in [2.75, 3.05) is 20.8 Å². The van der Waals surface area contributed by atoms with Gasteiger partial charge in [0.1, 0.15) is 0 Å². The van der Waals surface area contributed by atoms with Crippen LogP contribution in [0.25, 0.3) is 0 Å². The van der Waals surface area contributed by atoms with E-state index in [1.54, 1.807) is 14.2 Å². The van der Waals surface area contributed by atoms with E-state index in [0.29, 0.717) is 12.7 Å². The highest BCUT2D eigenvalue weighted by Gasteiger charge is 2.34. The summed E-state index contributed by atoms with van der Waals surface area (Å²) in [4.78, 5) is 10.8. The van der Waals surface area contributed by atoms with Gasteiger partial charge in [-0.2, -0.15) is 0 Å². The Labute approximate surface area is 92.5 Å². The summed E-state index contributed by atoms with van der Waals surface area (Å²) in [5.41, 5.74) is 0. The van der Waals surface area contributed by atoms with Crippen molar-refractivity contribution >= 4 is 14.5 Å². The highest BCUT2D eigenvalue weighted by atomic mass is 28.4. The van der Waals surface area contributed by atoms with Gasteiger partial charge in [-0.25, -0.2) is 4.79 Å². The van der Waals surface area contributed by atoms with Crippen molar-refractivity contribution in [3.63, 3.8) is 0 Å². The van der Waals surface area contributed by atoms with Crippen molar-refractivity contribution < 1.29 is 18.4 Å². The van der Waals surface area contributed by atoms with Crippen molar-refractivity contribution in [1.82, 2.24) is 0 Å². The van der Waals surface area contributed by atoms with E-state index < -0.39 is 14.5 Å². The van der Waals surface area contributed by atoms with E-state index >= 15 is 0 Å². The minimum atomic E-state index is -2.13. The predicted octanol–water partition coefficient (Wildman–Crippen LogP) is 1.86. The summed E-state index contributed by atoms with van der Waals surface area (Å²) in [6.07, 6.45) is 2.16. The fraction of sp³-hybridized carbons (Fsp3) is 0.700. The summed E-state index contributed by atoms with van der Waals surface area (Å²) in [6.45, 7) is 5.74. The van der Waals surface area contributed by atoms with Gasteiger partial charge in [0.2, 0.25) is 0 Å². The van der Waals surface area contributed by atoms with E-state index in [9.17, 15) is 4.79 Å². The molecule has 15 heavy (non-hydrogen) atoms. The Hall–Kier alpha value is -0.653. The van der Waals surface area contributed by atoms with Gasteiger partial charge in [-0.3, -0.25) is 0 Å². The van der Waals surface area contributed by atoms with Gasteiger partial charge in [-0.15, -0.1) is 0 Å². The topological polar surface area (TPSA) is 44.8 Å². The standard InChI is InChI=1S/C10H20O4Si/c1-5-8-15(12-3,13-4)9-7-14-10(11)6-2/h6H,2,5,7-9H2,1,3-4H3. The molecule has 0 aromatic rings. The zero-order valence-electron chi connectivity index (χ0n) is 9.75. The average molecular weight is 232 g/mol. The quantitative estimate of drug-likeness (QED) is 0.364. The predicted molar refractivity (Wildman–Crippen MR) is 60.8 cm³/mol. The van der Waals surface area contributed by atoms with Crippen molar-refractivity contribution in [2.24, 2.45) is 0 Å². The second-order valence-electron chi connectivity index (χ2n) is 3.19. The van der Waals surface area contributed by atoms with Gasteiger partial charge in [0, 0.05) is 26.3 Å². The van der Waals surface area contributed by atoms with Gasteiger partial charge in [-0.1, -0.05) is 19.9 Å². The molecule has 0 atom stereocenters. The van der Waals surface area contributed by atoms with Gasteiger partial charge < -0.3 is 13.6 Å². The number of rotatable bonds is 8. The summed E-state index contributed by atoms with van der Waals surface area (Å²) in [5.74, 6) is -0.401. The molecule has 0 aromatic carbocycles. The monoisotopic (exact) mass is 232 g/mol. The van der Waals surface area contributed by atoms with Crippen LogP contribution in [0.4, 0.5) is 0 Å². The van der Waals surface area contributed by atoms with Crippen LogP contribution < -0.4 is 0 Å². The molecule has 0 bridgehead atoms. The summed E-state index contributed by atoms with van der Waals surface area (Å²) in [5, 5.41) is 0. The van der Waals surface area contributed by atoms with E-state index in [4.69, 9.17) is 13.6 Å². The van der Waals surface area contributed by atoms with E-state index in [-0.39, 0.29) is 0 Å².